The molecule has 5 nitrogen and oxygen atoms in total. The summed E-state index contributed by atoms with van der Waals surface area (Å²) in [6.45, 7) is 0. The number of amides is 2. The number of fused-ring (bicyclic) bond motifs is 1. The Morgan fingerprint density at radius 1 is 0.735 bits per heavy atom. The maximum atomic E-state index is 13.5. The van der Waals surface area contributed by atoms with Crippen LogP contribution in [-0.4, -0.2) is 18.1 Å². The molecule has 1 saturated heterocycles. The summed E-state index contributed by atoms with van der Waals surface area (Å²) in [4.78, 5) is 15.8. The van der Waals surface area contributed by atoms with Crippen molar-refractivity contribution in [3.63, 3.8) is 0 Å². The first kappa shape index (κ1) is 23.4. The van der Waals surface area contributed by atoms with Gasteiger partial charge in [-0.25, -0.2) is 4.79 Å². The molecule has 1 aliphatic carbocycles. The molecule has 176 valence electrons. The van der Waals surface area contributed by atoms with E-state index in [2.05, 4.69) is 0 Å². The minimum absolute atomic E-state index is 0.0829. The van der Waals surface area contributed by atoms with Gasteiger partial charge in [0.15, 0.2) is 0 Å². The molecule has 2 aromatic rings. The Kier molecular flexibility index (Phi) is 5.68. The number of carbonyl (C=O) groups is 1. The zero-order valence-electron chi connectivity index (χ0n) is 17.4. The molecule has 0 unspecified atom stereocenters. The van der Waals surface area contributed by atoms with Crippen LogP contribution in [0.5, 0.6) is 0 Å². The lowest BCUT2D eigenvalue weighted by molar-refractivity contribution is -0.138. The molecule has 2 atom stereocenters. The van der Waals surface area contributed by atoms with Crippen molar-refractivity contribution in [2.24, 2.45) is 0 Å². The quantitative estimate of drug-likeness (QED) is 0.481. The molecule has 34 heavy (non-hydrogen) atoms. The summed E-state index contributed by atoms with van der Waals surface area (Å²) in [5.74, 6) is 0. The first-order valence-corrected chi connectivity index (χ1v) is 10.3. The van der Waals surface area contributed by atoms with Crippen LogP contribution in [0.15, 0.2) is 36.4 Å². The molecule has 2 fully saturated rings. The minimum atomic E-state index is -4.83. The molecular formula is C23H16F6N4O. The molecule has 11 heteroatoms. The fraction of sp³-hybridized carbons (Fsp3) is 0.348. The Hall–Kier alpha value is -3.73. The number of hydrogen-bond donors (Lipinski definition) is 0. The van der Waals surface area contributed by atoms with E-state index in [4.69, 9.17) is 10.5 Å². The highest BCUT2D eigenvalue weighted by Gasteiger charge is 2.49. The van der Waals surface area contributed by atoms with Crippen LogP contribution in [0.3, 0.4) is 0 Å². The molecule has 2 amide bonds. The van der Waals surface area contributed by atoms with Gasteiger partial charge in [0.25, 0.3) is 0 Å². The Morgan fingerprint density at radius 2 is 1.12 bits per heavy atom. The number of halogens is 6. The highest BCUT2D eigenvalue weighted by atomic mass is 19.4. The lowest BCUT2D eigenvalue weighted by Gasteiger charge is -2.32. The standard InChI is InChI=1S/C23H16F6N4O/c24-22(25,26)17-9-15(7-5-13(17)11-30)32-19-3-1-2-4-20(19)33(21(32)34)16-8-6-14(12-31)18(10-16)23(27,28)29/h5-10,19-20H,1-4H2/t19-,20-/m0/s1. The van der Waals surface area contributed by atoms with Crippen molar-refractivity contribution < 1.29 is 31.1 Å². The zero-order chi connectivity index (χ0) is 24.8. The number of hydrogen-bond acceptors (Lipinski definition) is 3. The molecule has 0 bridgehead atoms. The SMILES string of the molecule is N#Cc1ccc(N2C(=O)N(c3ccc(C#N)c(C(F)(F)F)c3)[C@H]3CCCC[C@@H]32)cc1C(F)(F)F. The van der Waals surface area contributed by atoms with Crippen LogP contribution in [0.25, 0.3) is 0 Å². The van der Waals surface area contributed by atoms with Gasteiger partial charge in [-0.2, -0.15) is 36.9 Å². The van der Waals surface area contributed by atoms with Crippen LogP contribution >= 0.6 is 0 Å². The number of carbonyl (C=O) groups excluding carboxylic acids is 1. The van der Waals surface area contributed by atoms with Crippen LogP contribution in [0.2, 0.25) is 0 Å². The lowest BCUT2D eigenvalue weighted by atomic mass is 9.89. The number of alkyl halides is 6. The van der Waals surface area contributed by atoms with E-state index in [0.29, 0.717) is 25.7 Å². The predicted octanol–water partition coefficient (Wildman–Crippen LogP) is 6.23. The van der Waals surface area contributed by atoms with E-state index in [-0.39, 0.29) is 11.4 Å². The van der Waals surface area contributed by atoms with Crippen LogP contribution in [0.1, 0.15) is 47.9 Å². The highest BCUT2D eigenvalue weighted by Crippen LogP contribution is 2.43. The predicted molar refractivity (Wildman–Crippen MR) is 109 cm³/mol. The van der Waals surface area contributed by atoms with E-state index in [0.717, 1.165) is 24.3 Å². The third-order valence-corrected chi connectivity index (χ3v) is 6.18. The van der Waals surface area contributed by atoms with Gasteiger partial charge < -0.3 is 0 Å². The van der Waals surface area contributed by atoms with Crippen molar-refractivity contribution in [1.29, 1.82) is 10.5 Å². The van der Waals surface area contributed by atoms with Crippen LogP contribution in [-0.2, 0) is 12.4 Å². The van der Waals surface area contributed by atoms with Gasteiger partial charge in [-0.05, 0) is 49.2 Å². The summed E-state index contributed by atoms with van der Waals surface area (Å²) in [5, 5.41) is 18.1. The largest absolute Gasteiger partial charge is 0.417 e. The molecule has 1 heterocycles. The summed E-state index contributed by atoms with van der Waals surface area (Å²) in [7, 11) is 0. The molecule has 1 saturated carbocycles. The van der Waals surface area contributed by atoms with Crippen molar-refractivity contribution >= 4 is 17.4 Å². The molecular weight excluding hydrogens is 462 g/mol. The van der Waals surface area contributed by atoms with Gasteiger partial charge in [0.1, 0.15) is 0 Å². The van der Waals surface area contributed by atoms with Crippen LogP contribution in [0.4, 0.5) is 42.5 Å². The van der Waals surface area contributed by atoms with Crippen molar-refractivity contribution in [2.45, 2.75) is 50.1 Å². The van der Waals surface area contributed by atoms with E-state index in [9.17, 15) is 31.1 Å². The number of urea groups is 1. The first-order chi connectivity index (χ1) is 16.0. The van der Waals surface area contributed by atoms with E-state index in [1.807, 2.05) is 0 Å². The fourth-order valence-electron chi connectivity index (χ4n) is 4.73. The Labute approximate surface area is 190 Å². The average molecular weight is 478 g/mol. The summed E-state index contributed by atoms with van der Waals surface area (Å²) >= 11 is 0. The van der Waals surface area contributed by atoms with E-state index in [1.165, 1.54) is 34.1 Å². The lowest BCUT2D eigenvalue weighted by Crippen LogP contribution is -2.40. The topological polar surface area (TPSA) is 71.1 Å². The van der Waals surface area contributed by atoms with Gasteiger partial charge in [0.05, 0.1) is 46.5 Å². The van der Waals surface area contributed by atoms with Crippen molar-refractivity contribution in [3.8, 4) is 12.1 Å². The highest BCUT2D eigenvalue weighted by molar-refractivity contribution is 6.07. The van der Waals surface area contributed by atoms with Crippen LogP contribution < -0.4 is 9.80 Å². The maximum Gasteiger partial charge on any atom is 0.417 e. The number of anilines is 2. The second kappa shape index (κ2) is 8.24. The smallest absolute Gasteiger partial charge is 0.289 e. The normalized spacial score (nSPS) is 20.6. The molecule has 2 aromatic carbocycles. The third kappa shape index (κ3) is 3.92. The average Bonchev–Trinajstić information content (AvgIpc) is 3.08. The Morgan fingerprint density at radius 3 is 1.44 bits per heavy atom. The maximum absolute atomic E-state index is 13.5. The van der Waals surface area contributed by atoms with Gasteiger partial charge in [0, 0.05) is 11.4 Å². The first-order valence-electron chi connectivity index (χ1n) is 10.3. The summed E-state index contributed by atoms with van der Waals surface area (Å²) in [6, 6.07) is 7.00. The number of nitrogens with zero attached hydrogens (tertiary/aromatic N) is 4. The van der Waals surface area contributed by atoms with Crippen molar-refractivity contribution in [3.05, 3.63) is 58.7 Å². The molecule has 4 rings (SSSR count). The number of rotatable bonds is 2. The second-order valence-corrected chi connectivity index (χ2v) is 8.12. The van der Waals surface area contributed by atoms with E-state index < -0.39 is 52.7 Å². The molecule has 0 radical (unpaired) electrons. The van der Waals surface area contributed by atoms with Crippen molar-refractivity contribution in [1.82, 2.24) is 0 Å². The van der Waals surface area contributed by atoms with Crippen LogP contribution in [0, 0.1) is 22.7 Å². The molecule has 0 N–H and O–H groups in total. The van der Waals surface area contributed by atoms with Gasteiger partial charge >= 0.3 is 18.4 Å². The summed E-state index contributed by atoms with van der Waals surface area (Å²) in [5.41, 5.74) is -3.74. The summed E-state index contributed by atoms with van der Waals surface area (Å²) in [6.07, 6.45) is -7.35. The van der Waals surface area contributed by atoms with E-state index in [1.54, 1.807) is 0 Å². The Bertz CT molecular complexity index is 1130. The number of benzene rings is 2. The third-order valence-electron chi connectivity index (χ3n) is 6.18. The molecule has 0 spiro atoms. The Balaban J connectivity index is 1.82. The van der Waals surface area contributed by atoms with Gasteiger partial charge in [-0.15, -0.1) is 0 Å². The van der Waals surface area contributed by atoms with Gasteiger partial charge in [0.2, 0.25) is 0 Å². The molecule has 1 aliphatic heterocycles. The van der Waals surface area contributed by atoms with Crippen molar-refractivity contribution in [2.75, 3.05) is 9.80 Å². The van der Waals surface area contributed by atoms with Gasteiger partial charge in [-0.1, -0.05) is 12.8 Å². The summed E-state index contributed by atoms with van der Waals surface area (Å²) < 4.78 is 81.0. The monoisotopic (exact) mass is 478 g/mol. The van der Waals surface area contributed by atoms with Gasteiger partial charge in [-0.3, -0.25) is 9.80 Å². The zero-order valence-corrected chi connectivity index (χ0v) is 17.4. The fourth-order valence-corrected chi connectivity index (χ4v) is 4.73. The number of nitriles is 2. The molecule has 0 aromatic heterocycles. The molecule has 2 aliphatic rings. The minimum Gasteiger partial charge on any atom is -0.289 e. The second-order valence-electron chi connectivity index (χ2n) is 8.12. The van der Waals surface area contributed by atoms with E-state index >= 15 is 0 Å².